The quantitative estimate of drug-likeness (QED) is 0.475. The number of carbonyl (C=O) groups excluding carboxylic acids is 1. The van der Waals surface area contributed by atoms with E-state index in [0.717, 1.165) is 3.57 Å². The molecule has 0 radical (unpaired) electrons. The number of esters is 1. The first-order valence-corrected chi connectivity index (χ1v) is 6.47. The van der Waals surface area contributed by atoms with Crippen LogP contribution in [0.25, 0.3) is 0 Å². The molecule has 0 saturated carbocycles. The van der Waals surface area contributed by atoms with Crippen LogP contribution in [-0.2, 0) is 14.3 Å². The Bertz CT molecular complexity index is 461. The molecular weight excluding hydrogens is 349 g/mol. The summed E-state index contributed by atoms with van der Waals surface area (Å²) in [5, 5.41) is 8.85. The molecule has 0 spiro atoms. The van der Waals surface area contributed by atoms with E-state index in [1.807, 2.05) is 22.6 Å². The van der Waals surface area contributed by atoms with Gasteiger partial charge in [-0.25, -0.2) is 0 Å². The van der Waals surface area contributed by atoms with Crippen molar-refractivity contribution in [1.82, 2.24) is 0 Å². The van der Waals surface area contributed by atoms with Gasteiger partial charge < -0.3 is 15.6 Å². The van der Waals surface area contributed by atoms with Crippen molar-refractivity contribution >= 4 is 40.2 Å². The number of carbonyl (C=O) groups is 2. The van der Waals surface area contributed by atoms with Crippen LogP contribution in [0, 0.1) is 3.57 Å². The van der Waals surface area contributed by atoms with Crippen molar-refractivity contribution in [3.63, 3.8) is 0 Å². The molecule has 1 atom stereocenters. The Kier molecular flexibility index (Phi) is 5.39. The Morgan fingerprint density at radius 3 is 2.67 bits per heavy atom. The van der Waals surface area contributed by atoms with Gasteiger partial charge in [0.25, 0.3) is 0 Å². The van der Waals surface area contributed by atoms with Crippen LogP contribution in [0.3, 0.4) is 0 Å². The Labute approximate surface area is 118 Å². The van der Waals surface area contributed by atoms with Crippen molar-refractivity contribution in [2.75, 3.05) is 12.3 Å². The molecule has 1 aromatic rings. The lowest BCUT2D eigenvalue weighted by atomic mass is 9.95. The zero-order valence-electron chi connectivity index (χ0n) is 9.85. The van der Waals surface area contributed by atoms with E-state index in [9.17, 15) is 9.59 Å². The number of halogens is 1. The summed E-state index contributed by atoms with van der Waals surface area (Å²) in [7, 11) is 0. The molecule has 1 rings (SSSR count). The van der Waals surface area contributed by atoms with Crippen LogP contribution < -0.4 is 5.73 Å². The minimum absolute atomic E-state index is 0.223. The fraction of sp³-hybridized carbons (Fsp3) is 0.333. The van der Waals surface area contributed by atoms with E-state index in [-0.39, 0.29) is 13.0 Å². The third-order valence-corrected chi connectivity index (χ3v) is 3.31. The van der Waals surface area contributed by atoms with Crippen LogP contribution in [0.5, 0.6) is 0 Å². The molecular formula is C12H14INO4. The number of hydrogen-bond acceptors (Lipinski definition) is 4. The molecule has 1 unspecified atom stereocenters. The van der Waals surface area contributed by atoms with E-state index >= 15 is 0 Å². The van der Waals surface area contributed by atoms with Gasteiger partial charge in [-0.05, 0) is 47.2 Å². The second kappa shape index (κ2) is 6.58. The van der Waals surface area contributed by atoms with Gasteiger partial charge in [-0.15, -0.1) is 0 Å². The fourth-order valence-electron chi connectivity index (χ4n) is 1.51. The molecule has 3 N–H and O–H groups in total. The van der Waals surface area contributed by atoms with E-state index in [0.29, 0.717) is 11.3 Å². The predicted octanol–water partition coefficient (Wildman–Crippen LogP) is 1.99. The molecule has 0 fully saturated rings. The molecule has 1 aromatic carbocycles. The van der Waals surface area contributed by atoms with Crippen molar-refractivity contribution in [3.8, 4) is 0 Å². The van der Waals surface area contributed by atoms with Crippen LogP contribution in [0.15, 0.2) is 18.2 Å². The fourth-order valence-corrected chi connectivity index (χ4v) is 2.05. The lowest BCUT2D eigenvalue weighted by Gasteiger charge is -2.14. The van der Waals surface area contributed by atoms with Crippen LogP contribution in [-0.4, -0.2) is 23.7 Å². The van der Waals surface area contributed by atoms with E-state index in [2.05, 4.69) is 0 Å². The number of rotatable bonds is 5. The second-order valence-electron chi connectivity index (χ2n) is 3.68. The number of hydrogen-bond donors (Lipinski definition) is 2. The maximum atomic E-state index is 11.8. The zero-order valence-corrected chi connectivity index (χ0v) is 12.0. The lowest BCUT2D eigenvalue weighted by Crippen LogP contribution is -2.19. The Morgan fingerprint density at radius 1 is 1.50 bits per heavy atom. The van der Waals surface area contributed by atoms with Gasteiger partial charge in [-0.3, -0.25) is 9.59 Å². The standard InChI is InChI=1S/C12H14INO4/c1-2-18-12(17)8(6-11(15)16)7-3-4-10(14)9(13)5-7/h3-5,8H,2,6,14H2,1H3,(H,15,16). The monoisotopic (exact) mass is 363 g/mol. The molecule has 18 heavy (non-hydrogen) atoms. The molecule has 98 valence electrons. The van der Waals surface area contributed by atoms with Gasteiger partial charge in [-0.2, -0.15) is 0 Å². The van der Waals surface area contributed by atoms with Crippen molar-refractivity contribution < 1.29 is 19.4 Å². The van der Waals surface area contributed by atoms with Gasteiger partial charge in [0.1, 0.15) is 0 Å². The number of aliphatic carboxylic acids is 1. The molecule has 0 aliphatic heterocycles. The summed E-state index contributed by atoms with van der Waals surface area (Å²) < 4.78 is 5.68. The molecule has 6 heteroatoms. The molecule has 0 aliphatic rings. The van der Waals surface area contributed by atoms with E-state index in [4.69, 9.17) is 15.6 Å². The molecule has 0 bridgehead atoms. The van der Waals surface area contributed by atoms with Crippen LogP contribution in [0.4, 0.5) is 5.69 Å². The normalized spacial score (nSPS) is 11.9. The number of benzene rings is 1. The maximum Gasteiger partial charge on any atom is 0.313 e. The highest BCUT2D eigenvalue weighted by Gasteiger charge is 2.25. The van der Waals surface area contributed by atoms with Gasteiger partial charge in [0.05, 0.1) is 18.9 Å². The van der Waals surface area contributed by atoms with Crippen LogP contribution >= 0.6 is 22.6 Å². The highest BCUT2D eigenvalue weighted by Crippen LogP contribution is 2.26. The first-order chi connectivity index (χ1) is 8.45. The Morgan fingerprint density at radius 2 is 2.17 bits per heavy atom. The number of nitrogen functional groups attached to an aromatic ring is 1. The Balaban J connectivity index is 3.04. The third-order valence-electron chi connectivity index (χ3n) is 2.38. The summed E-state index contributed by atoms with van der Waals surface area (Å²) in [6, 6.07) is 5.02. The van der Waals surface area contributed by atoms with Crippen LogP contribution in [0.2, 0.25) is 0 Å². The minimum Gasteiger partial charge on any atom is -0.481 e. The average molecular weight is 363 g/mol. The first kappa shape index (κ1) is 14.7. The third kappa shape index (κ3) is 3.86. The van der Waals surface area contributed by atoms with Gasteiger partial charge in [-0.1, -0.05) is 6.07 Å². The molecule has 5 nitrogen and oxygen atoms in total. The smallest absolute Gasteiger partial charge is 0.313 e. The molecule has 0 heterocycles. The van der Waals surface area contributed by atoms with Crippen molar-refractivity contribution in [3.05, 3.63) is 27.3 Å². The summed E-state index contributed by atoms with van der Waals surface area (Å²) in [6.07, 6.45) is -0.293. The topological polar surface area (TPSA) is 89.6 Å². The molecule has 0 saturated heterocycles. The summed E-state index contributed by atoms with van der Waals surface area (Å²) in [5.74, 6) is -2.36. The maximum absolute atomic E-state index is 11.8. The largest absolute Gasteiger partial charge is 0.481 e. The zero-order chi connectivity index (χ0) is 13.7. The number of ether oxygens (including phenoxy) is 1. The second-order valence-corrected chi connectivity index (χ2v) is 4.85. The number of nitrogens with two attached hydrogens (primary N) is 1. The van der Waals surface area contributed by atoms with Crippen LogP contribution in [0.1, 0.15) is 24.8 Å². The Hall–Kier alpha value is -1.31. The molecule has 0 aromatic heterocycles. The number of carboxylic acid groups (broad SMARTS) is 1. The van der Waals surface area contributed by atoms with Crippen molar-refractivity contribution in [2.24, 2.45) is 0 Å². The van der Waals surface area contributed by atoms with E-state index in [1.54, 1.807) is 25.1 Å². The molecule has 0 amide bonds. The van der Waals surface area contributed by atoms with E-state index < -0.39 is 17.9 Å². The first-order valence-electron chi connectivity index (χ1n) is 5.39. The summed E-state index contributed by atoms with van der Waals surface area (Å²) in [5.41, 5.74) is 6.89. The summed E-state index contributed by atoms with van der Waals surface area (Å²) in [4.78, 5) is 22.6. The van der Waals surface area contributed by atoms with E-state index in [1.165, 1.54) is 0 Å². The summed E-state index contributed by atoms with van der Waals surface area (Å²) >= 11 is 2.04. The van der Waals surface area contributed by atoms with Crippen molar-refractivity contribution in [1.29, 1.82) is 0 Å². The van der Waals surface area contributed by atoms with Crippen molar-refractivity contribution in [2.45, 2.75) is 19.3 Å². The van der Waals surface area contributed by atoms with Gasteiger partial charge in [0.15, 0.2) is 0 Å². The number of carboxylic acids is 1. The average Bonchev–Trinajstić information content (AvgIpc) is 2.30. The minimum atomic E-state index is -1.04. The highest BCUT2D eigenvalue weighted by molar-refractivity contribution is 14.1. The van der Waals surface area contributed by atoms with Gasteiger partial charge in [0.2, 0.25) is 0 Å². The van der Waals surface area contributed by atoms with Gasteiger partial charge >= 0.3 is 11.9 Å². The highest BCUT2D eigenvalue weighted by atomic mass is 127. The SMILES string of the molecule is CCOC(=O)C(CC(=O)O)c1ccc(N)c(I)c1. The summed E-state index contributed by atoms with van der Waals surface area (Å²) in [6.45, 7) is 1.91. The van der Waals surface area contributed by atoms with Gasteiger partial charge in [0, 0.05) is 9.26 Å². The predicted molar refractivity (Wildman–Crippen MR) is 75.2 cm³/mol. The molecule has 0 aliphatic carbocycles. The number of anilines is 1. The lowest BCUT2D eigenvalue weighted by molar-refractivity contribution is -0.149.